The van der Waals surface area contributed by atoms with E-state index in [9.17, 15) is 4.79 Å². The molecule has 1 saturated heterocycles. The standard InChI is InChI=1S/C12H20N4O/c1-8-6-10(4-5-13-8)12(17)14-11-7-9(2)15-16(11)3/h7-8,10,13H,4-6H2,1-3H3,(H,14,17)/t8-,10-/m0/s1. The first kappa shape index (κ1) is 12.1. The van der Waals surface area contributed by atoms with Crippen LogP contribution in [0.25, 0.3) is 0 Å². The van der Waals surface area contributed by atoms with Crippen molar-refractivity contribution in [3.8, 4) is 0 Å². The number of piperidine rings is 1. The van der Waals surface area contributed by atoms with Crippen molar-refractivity contribution >= 4 is 11.7 Å². The number of carbonyl (C=O) groups excluding carboxylic acids is 1. The number of hydrogen-bond acceptors (Lipinski definition) is 3. The maximum atomic E-state index is 12.1. The Morgan fingerprint density at radius 3 is 3.00 bits per heavy atom. The Balaban J connectivity index is 1.99. The van der Waals surface area contributed by atoms with E-state index >= 15 is 0 Å². The summed E-state index contributed by atoms with van der Waals surface area (Å²) in [4.78, 5) is 12.1. The van der Waals surface area contributed by atoms with Gasteiger partial charge in [0.2, 0.25) is 5.91 Å². The van der Waals surface area contributed by atoms with Gasteiger partial charge >= 0.3 is 0 Å². The second kappa shape index (κ2) is 4.87. The van der Waals surface area contributed by atoms with Crippen LogP contribution >= 0.6 is 0 Å². The van der Waals surface area contributed by atoms with Crippen LogP contribution in [0.1, 0.15) is 25.5 Å². The van der Waals surface area contributed by atoms with Gasteiger partial charge in [0.25, 0.3) is 0 Å². The molecule has 0 aromatic carbocycles. The summed E-state index contributed by atoms with van der Waals surface area (Å²) < 4.78 is 1.71. The zero-order valence-corrected chi connectivity index (χ0v) is 10.7. The maximum Gasteiger partial charge on any atom is 0.228 e. The van der Waals surface area contributed by atoms with E-state index in [1.807, 2.05) is 20.0 Å². The lowest BCUT2D eigenvalue weighted by Crippen LogP contribution is -2.40. The first-order valence-corrected chi connectivity index (χ1v) is 6.11. The largest absolute Gasteiger partial charge is 0.314 e. The van der Waals surface area contributed by atoms with Crippen LogP contribution < -0.4 is 10.6 Å². The minimum atomic E-state index is 0.112. The molecular weight excluding hydrogens is 216 g/mol. The fourth-order valence-electron chi connectivity index (χ4n) is 2.33. The normalized spacial score (nSPS) is 24.6. The highest BCUT2D eigenvalue weighted by Gasteiger charge is 2.25. The van der Waals surface area contributed by atoms with E-state index in [4.69, 9.17) is 0 Å². The molecule has 94 valence electrons. The summed E-state index contributed by atoms with van der Waals surface area (Å²) in [5, 5.41) is 10.5. The maximum absolute atomic E-state index is 12.1. The van der Waals surface area contributed by atoms with Crippen molar-refractivity contribution in [1.29, 1.82) is 0 Å². The van der Waals surface area contributed by atoms with Gasteiger partial charge in [0.05, 0.1) is 5.69 Å². The van der Waals surface area contributed by atoms with Gasteiger partial charge in [0.15, 0.2) is 0 Å². The third kappa shape index (κ3) is 2.85. The second-order valence-electron chi connectivity index (χ2n) is 4.86. The second-order valence-corrected chi connectivity index (χ2v) is 4.86. The first-order valence-electron chi connectivity index (χ1n) is 6.11. The van der Waals surface area contributed by atoms with E-state index in [0.717, 1.165) is 30.9 Å². The predicted octanol–water partition coefficient (Wildman–Crippen LogP) is 1.06. The van der Waals surface area contributed by atoms with Crippen LogP contribution in [0.15, 0.2) is 6.07 Å². The number of nitrogens with zero attached hydrogens (tertiary/aromatic N) is 2. The number of carbonyl (C=O) groups is 1. The van der Waals surface area contributed by atoms with Gasteiger partial charge in [-0.15, -0.1) is 0 Å². The van der Waals surface area contributed by atoms with Gasteiger partial charge in [-0.2, -0.15) is 5.10 Å². The number of anilines is 1. The fraction of sp³-hybridized carbons (Fsp3) is 0.667. The molecule has 1 aliphatic heterocycles. The Hall–Kier alpha value is -1.36. The van der Waals surface area contributed by atoms with Gasteiger partial charge in [-0.1, -0.05) is 0 Å². The van der Waals surface area contributed by atoms with Crippen molar-refractivity contribution in [2.75, 3.05) is 11.9 Å². The third-order valence-corrected chi connectivity index (χ3v) is 3.25. The lowest BCUT2D eigenvalue weighted by atomic mass is 9.92. The van der Waals surface area contributed by atoms with Gasteiger partial charge in [-0.3, -0.25) is 9.48 Å². The van der Waals surface area contributed by atoms with Crippen LogP contribution in [0.5, 0.6) is 0 Å². The van der Waals surface area contributed by atoms with Crippen LogP contribution in [0.2, 0.25) is 0 Å². The van der Waals surface area contributed by atoms with Crippen LogP contribution in [0, 0.1) is 12.8 Å². The fourth-order valence-corrected chi connectivity index (χ4v) is 2.33. The number of nitrogens with one attached hydrogen (secondary N) is 2. The summed E-state index contributed by atoms with van der Waals surface area (Å²) in [6.45, 7) is 4.96. The summed E-state index contributed by atoms with van der Waals surface area (Å²) in [5.74, 6) is 1.00. The van der Waals surface area contributed by atoms with E-state index in [1.54, 1.807) is 4.68 Å². The molecule has 0 saturated carbocycles. The molecule has 0 unspecified atom stereocenters. The van der Waals surface area contributed by atoms with Crippen molar-refractivity contribution in [3.05, 3.63) is 11.8 Å². The molecule has 0 bridgehead atoms. The van der Waals surface area contributed by atoms with Gasteiger partial charge in [0, 0.05) is 25.1 Å². The molecular formula is C12H20N4O. The van der Waals surface area contributed by atoms with Crippen LogP contribution in [0.4, 0.5) is 5.82 Å². The minimum absolute atomic E-state index is 0.112. The van der Waals surface area contributed by atoms with E-state index in [2.05, 4.69) is 22.7 Å². The Labute approximate surface area is 102 Å². The topological polar surface area (TPSA) is 59.0 Å². The molecule has 5 nitrogen and oxygen atoms in total. The molecule has 2 rings (SSSR count). The zero-order chi connectivity index (χ0) is 12.4. The van der Waals surface area contributed by atoms with Gasteiger partial charge in [-0.05, 0) is 33.2 Å². The molecule has 0 spiro atoms. The molecule has 1 fully saturated rings. The molecule has 2 heterocycles. The molecule has 17 heavy (non-hydrogen) atoms. The Bertz CT molecular complexity index is 413. The monoisotopic (exact) mass is 236 g/mol. The van der Waals surface area contributed by atoms with E-state index < -0.39 is 0 Å². The van der Waals surface area contributed by atoms with E-state index in [-0.39, 0.29) is 11.8 Å². The zero-order valence-electron chi connectivity index (χ0n) is 10.7. The first-order chi connectivity index (χ1) is 8.06. The van der Waals surface area contributed by atoms with E-state index in [0.29, 0.717) is 6.04 Å². The summed E-state index contributed by atoms with van der Waals surface area (Å²) in [5.41, 5.74) is 0.918. The quantitative estimate of drug-likeness (QED) is 0.807. The highest BCUT2D eigenvalue weighted by Crippen LogP contribution is 2.18. The van der Waals surface area contributed by atoms with Crippen LogP contribution in [-0.4, -0.2) is 28.3 Å². The number of amides is 1. The third-order valence-electron chi connectivity index (χ3n) is 3.25. The molecule has 2 N–H and O–H groups in total. The van der Waals surface area contributed by atoms with Crippen molar-refractivity contribution in [1.82, 2.24) is 15.1 Å². The number of rotatable bonds is 2. The number of hydrogen-bond donors (Lipinski definition) is 2. The van der Waals surface area contributed by atoms with Crippen LogP contribution in [-0.2, 0) is 11.8 Å². The summed E-state index contributed by atoms with van der Waals surface area (Å²) in [7, 11) is 1.84. The minimum Gasteiger partial charge on any atom is -0.314 e. The molecule has 1 aromatic heterocycles. The molecule has 5 heteroatoms. The van der Waals surface area contributed by atoms with Crippen molar-refractivity contribution in [2.45, 2.75) is 32.7 Å². The smallest absolute Gasteiger partial charge is 0.228 e. The molecule has 0 radical (unpaired) electrons. The lowest BCUT2D eigenvalue weighted by Gasteiger charge is -2.26. The SMILES string of the molecule is Cc1cc(NC(=O)[C@H]2CCN[C@@H](C)C2)n(C)n1. The van der Waals surface area contributed by atoms with Gasteiger partial charge in [0.1, 0.15) is 5.82 Å². The van der Waals surface area contributed by atoms with Crippen molar-refractivity contribution < 1.29 is 4.79 Å². The van der Waals surface area contributed by atoms with Crippen molar-refractivity contribution in [2.24, 2.45) is 13.0 Å². The number of aromatic nitrogens is 2. The van der Waals surface area contributed by atoms with Crippen LogP contribution in [0.3, 0.4) is 0 Å². The lowest BCUT2D eigenvalue weighted by molar-refractivity contribution is -0.120. The summed E-state index contributed by atoms with van der Waals surface area (Å²) in [6.07, 6.45) is 1.82. The molecule has 0 aliphatic carbocycles. The van der Waals surface area contributed by atoms with E-state index in [1.165, 1.54) is 0 Å². The predicted molar refractivity (Wildman–Crippen MR) is 66.8 cm³/mol. The Kier molecular flexibility index (Phi) is 3.47. The van der Waals surface area contributed by atoms with Gasteiger partial charge in [-0.25, -0.2) is 0 Å². The average molecular weight is 236 g/mol. The Morgan fingerprint density at radius 1 is 1.65 bits per heavy atom. The average Bonchev–Trinajstić information content (AvgIpc) is 2.57. The molecule has 1 aromatic rings. The summed E-state index contributed by atoms with van der Waals surface area (Å²) >= 11 is 0. The highest BCUT2D eigenvalue weighted by molar-refractivity contribution is 5.91. The Morgan fingerprint density at radius 2 is 2.41 bits per heavy atom. The highest BCUT2D eigenvalue weighted by atomic mass is 16.2. The van der Waals surface area contributed by atoms with Crippen molar-refractivity contribution in [3.63, 3.8) is 0 Å². The summed E-state index contributed by atoms with van der Waals surface area (Å²) in [6, 6.07) is 2.32. The molecule has 1 aliphatic rings. The molecule has 2 atom stereocenters. The van der Waals surface area contributed by atoms with Gasteiger partial charge < -0.3 is 10.6 Å². The number of aryl methyl sites for hydroxylation is 2. The molecule has 1 amide bonds.